The zero-order valence-electron chi connectivity index (χ0n) is 17.3. The number of halogens is 2. The van der Waals surface area contributed by atoms with Crippen molar-refractivity contribution in [3.8, 4) is 11.3 Å². The summed E-state index contributed by atoms with van der Waals surface area (Å²) < 4.78 is 20.6. The number of aromatic nitrogens is 2. The zero-order valence-corrected chi connectivity index (χ0v) is 18.0. The number of carbonyl (C=O) groups excluding carboxylic acids is 1. The van der Waals surface area contributed by atoms with Crippen LogP contribution >= 0.6 is 11.6 Å². The molecule has 0 bridgehead atoms. The van der Waals surface area contributed by atoms with Gasteiger partial charge < -0.3 is 9.64 Å². The molecule has 2 aromatic rings. The molecule has 1 unspecified atom stereocenters. The van der Waals surface area contributed by atoms with Crippen LogP contribution in [0.2, 0.25) is 5.15 Å². The van der Waals surface area contributed by atoms with Crippen LogP contribution in [0.5, 0.6) is 0 Å². The molecule has 1 fully saturated rings. The molecule has 0 aromatic carbocycles. The van der Waals surface area contributed by atoms with Gasteiger partial charge in [-0.25, -0.2) is 14.2 Å². The highest BCUT2D eigenvalue weighted by atomic mass is 35.5. The van der Waals surface area contributed by atoms with Gasteiger partial charge in [-0.15, -0.1) is 0 Å². The molecule has 1 saturated heterocycles. The fourth-order valence-corrected chi connectivity index (χ4v) is 3.92. The molecule has 2 atom stereocenters. The quantitative estimate of drug-likeness (QED) is 0.615. The second-order valence-electron chi connectivity index (χ2n) is 8.59. The van der Waals surface area contributed by atoms with Gasteiger partial charge in [0.15, 0.2) is 5.82 Å². The van der Waals surface area contributed by atoms with E-state index in [1.54, 1.807) is 23.2 Å². The van der Waals surface area contributed by atoms with Crippen LogP contribution in [0.4, 0.5) is 9.18 Å². The largest absolute Gasteiger partial charge is 0.444 e. The van der Waals surface area contributed by atoms with Crippen LogP contribution in [0.15, 0.2) is 30.5 Å². The minimum atomic E-state index is -0.524. The Bertz CT molecular complexity index is 870. The SMILES string of the molecule is C[C@@H]1CC(Cc2nc(Cl)cc(-c3ccccn3)c2F)CCN1C(=O)OC(C)(C)C. The van der Waals surface area contributed by atoms with Gasteiger partial charge in [0.25, 0.3) is 0 Å². The molecule has 2 aromatic heterocycles. The Labute approximate surface area is 176 Å². The van der Waals surface area contributed by atoms with Gasteiger partial charge in [-0.1, -0.05) is 17.7 Å². The summed E-state index contributed by atoms with van der Waals surface area (Å²) in [6, 6.07) is 6.87. The molecular formula is C22H27ClFN3O2. The van der Waals surface area contributed by atoms with Gasteiger partial charge in [-0.05, 0) is 71.1 Å². The van der Waals surface area contributed by atoms with E-state index >= 15 is 4.39 Å². The van der Waals surface area contributed by atoms with Crippen LogP contribution in [0, 0.1) is 11.7 Å². The number of pyridine rings is 2. The number of hydrogen-bond acceptors (Lipinski definition) is 4. The van der Waals surface area contributed by atoms with Crippen molar-refractivity contribution in [3.63, 3.8) is 0 Å². The van der Waals surface area contributed by atoms with Crippen molar-refractivity contribution >= 4 is 17.7 Å². The van der Waals surface area contributed by atoms with Gasteiger partial charge in [0.05, 0.1) is 11.4 Å². The number of likely N-dealkylation sites (tertiary alicyclic amines) is 1. The molecular weight excluding hydrogens is 393 g/mol. The highest BCUT2D eigenvalue weighted by Gasteiger charge is 2.32. The van der Waals surface area contributed by atoms with Gasteiger partial charge in [-0.3, -0.25) is 4.98 Å². The van der Waals surface area contributed by atoms with Crippen LogP contribution in [0.1, 0.15) is 46.2 Å². The normalized spacial score (nSPS) is 19.9. The van der Waals surface area contributed by atoms with E-state index in [4.69, 9.17) is 16.3 Å². The maximum Gasteiger partial charge on any atom is 0.410 e. The number of nitrogens with zero attached hydrogens (tertiary/aromatic N) is 3. The minimum Gasteiger partial charge on any atom is -0.444 e. The van der Waals surface area contributed by atoms with Crippen LogP contribution in [-0.2, 0) is 11.2 Å². The highest BCUT2D eigenvalue weighted by molar-refractivity contribution is 6.29. The van der Waals surface area contributed by atoms with Crippen molar-refractivity contribution in [2.75, 3.05) is 6.54 Å². The maximum absolute atomic E-state index is 15.1. The molecule has 5 nitrogen and oxygen atoms in total. The van der Waals surface area contributed by atoms with E-state index in [9.17, 15) is 4.79 Å². The lowest BCUT2D eigenvalue weighted by Gasteiger charge is -2.38. The number of carbonyl (C=O) groups is 1. The van der Waals surface area contributed by atoms with Crippen LogP contribution in [0.3, 0.4) is 0 Å². The molecule has 1 aliphatic heterocycles. The Morgan fingerprint density at radius 3 is 2.76 bits per heavy atom. The standard InChI is InChI=1S/C22H27ClFN3O2/c1-14-11-15(8-10-27(14)21(28)29-22(2,3)4)12-18-20(24)16(13-19(23)26-18)17-7-5-6-9-25-17/h5-7,9,13-15H,8,10-12H2,1-4H3/t14-,15?/m1/s1. The summed E-state index contributed by atoms with van der Waals surface area (Å²) in [4.78, 5) is 22.6. The average Bonchev–Trinajstić information content (AvgIpc) is 2.63. The Morgan fingerprint density at radius 1 is 1.38 bits per heavy atom. The second-order valence-corrected chi connectivity index (χ2v) is 8.97. The van der Waals surface area contributed by atoms with E-state index in [-0.39, 0.29) is 29.0 Å². The van der Waals surface area contributed by atoms with Crippen molar-refractivity contribution in [2.24, 2.45) is 5.92 Å². The van der Waals surface area contributed by atoms with Crippen molar-refractivity contribution in [1.82, 2.24) is 14.9 Å². The van der Waals surface area contributed by atoms with Gasteiger partial charge in [0.2, 0.25) is 0 Å². The molecule has 0 saturated carbocycles. The molecule has 1 amide bonds. The van der Waals surface area contributed by atoms with E-state index in [0.717, 1.165) is 12.8 Å². The number of amides is 1. The lowest BCUT2D eigenvalue weighted by Crippen LogP contribution is -2.47. The Balaban J connectivity index is 1.72. The first-order valence-electron chi connectivity index (χ1n) is 9.90. The molecule has 0 aliphatic carbocycles. The van der Waals surface area contributed by atoms with E-state index < -0.39 is 5.60 Å². The first-order valence-corrected chi connectivity index (χ1v) is 10.3. The van der Waals surface area contributed by atoms with Gasteiger partial charge in [0, 0.05) is 24.3 Å². The molecule has 3 heterocycles. The Morgan fingerprint density at radius 2 is 2.14 bits per heavy atom. The third kappa shape index (κ3) is 5.44. The maximum atomic E-state index is 15.1. The fourth-order valence-electron chi connectivity index (χ4n) is 3.71. The average molecular weight is 420 g/mol. The van der Waals surface area contributed by atoms with Crippen LogP contribution < -0.4 is 0 Å². The van der Waals surface area contributed by atoms with Crippen molar-refractivity contribution in [1.29, 1.82) is 0 Å². The van der Waals surface area contributed by atoms with Crippen molar-refractivity contribution < 1.29 is 13.9 Å². The Kier molecular flexibility index (Phi) is 6.42. The third-order valence-electron chi connectivity index (χ3n) is 5.03. The number of hydrogen-bond donors (Lipinski definition) is 0. The van der Waals surface area contributed by atoms with E-state index in [1.807, 2.05) is 33.8 Å². The fraction of sp³-hybridized carbons (Fsp3) is 0.500. The van der Waals surface area contributed by atoms with Crippen LogP contribution in [-0.4, -0.2) is 39.1 Å². The minimum absolute atomic E-state index is 0.0149. The summed E-state index contributed by atoms with van der Waals surface area (Å²) in [5.41, 5.74) is 0.716. The molecule has 3 rings (SSSR count). The predicted octanol–water partition coefficient (Wildman–Crippen LogP) is 5.51. The first-order chi connectivity index (χ1) is 13.6. The molecule has 0 radical (unpaired) electrons. The topological polar surface area (TPSA) is 55.3 Å². The molecule has 29 heavy (non-hydrogen) atoms. The first kappa shape index (κ1) is 21.5. The number of ether oxygens (including phenoxy) is 1. The summed E-state index contributed by atoms with van der Waals surface area (Å²) in [6.07, 6.45) is 3.31. The molecule has 0 N–H and O–H groups in total. The third-order valence-corrected chi connectivity index (χ3v) is 5.22. The van der Waals surface area contributed by atoms with Crippen molar-refractivity contribution in [2.45, 2.75) is 58.6 Å². The monoisotopic (exact) mass is 419 g/mol. The summed E-state index contributed by atoms with van der Waals surface area (Å²) in [5.74, 6) is -0.170. The zero-order chi connectivity index (χ0) is 21.2. The van der Waals surface area contributed by atoms with Crippen molar-refractivity contribution in [3.05, 3.63) is 47.1 Å². The summed E-state index contributed by atoms with van der Waals surface area (Å²) in [6.45, 7) is 8.15. The van der Waals surface area contributed by atoms with Gasteiger partial charge >= 0.3 is 6.09 Å². The molecule has 0 spiro atoms. The lowest BCUT2D eigenvalue weighted by atomic mass is 9.87. The number of rotatable bonds is 3. The summed E-state index contributed by atoms with van der Waals surface area (Å²) in [7, 11) is 0. The van der Waals surface area contributed by atoms with E-state index in [1.165, 1.54) is 6.07 Å². The van der Waals surface area contributed by atoms with E-state index in [2.05, 4.69) is 9.97 Å². The van der Waals surface area contributed by atoms with Gasteiger partial charge in [0.1, 0.15) is 10.8 Å². The summed E-state index contributed by atoms with van der Waals surface area (Å²) >= 11 is 6.17. The molecule has 1 aliphatic rings. The molecule has 7 heteroatoms. The summed E-state index contributed by atoms with van der Waals surface area (Å²) in [5, 5.41) is 0.251. The highest BCUT2D eigenvalue weighted by Crippen LogP contribution is 2.31. The molecule has 156 valence electrons. The number of piperidine rings is 1. The van der Waals surface area contributed by atoms with Gasteiger partial charge in [-0.2, -0.15) is 0 Å². The lowest BCUT2D eigenvalue weighted by molar-refractivity contribution is 0.00710. The van der Waals surface area contributed by atoms with E-state index in [0.29, 0.717) is 29.9 Å². The van der Waals surface area contributed by atoms with Crippen LogP contribution in [0.25, 0.3) is 11.3 Å². The Hall–Kier alpha value is -2.21. The predicted molar refractivity (Wildman–Crippen MR) is 111 cm³/mol. The smallest absolute Gasteiger partial charge is 0.410 e. The second kappa shape index (κ2) is 8.66.